The first-order valence-electron chi connectivity index (χ1n) is 9.95. The van der Waals surface area contributed by atoms with Crippen LogP contribution in [0, 0.1) is 23.7 Å². The molecule has 1 rings (SSSR count). The van der Waals surface area contributed by atoms with E-state index in [4.69, 9.17) is 0 Å². The topological polar surface area (TPSA) is 15.3 Å². The number of likely N-dealkylation sites (tertiary alicyclic amines) is 1. The molecule has 4 unspecified atom stereocenters. The normalized spacial score (nSPS) is 26.6. The maximum Gasteiger partial charge on any atom is 0.0705 e. The summed E-state index contributed by atoms with van der Waals surface area (Å²) in [6, 6.07) is 0.509. The molecule has 0 amide bonds. The Morgan fingerprint density at radius 1 is 1.20 bits per heavy atom. The molecule has 6 atom stereocenters. The van der Waals surface area contributed by atoms with Crippen molar-refractivity contribution < 1.29 is 0 Å². The van der Waals surface area contributed by atoms with Gasteiger partial charge in [0, 0.05) is 12.2 Å². The molecule has 0 radical (unpaired) electrons. The van der Waals surface area contributed by atoms with Crippen LogP contribution in [0.3, 0.4) is 0 Å². The van der Waals surface area contributed by atoms with Crippen molar-refractivity contribution in [2.24, 2.45) is 23.7 Å². The minimum absolute atomic E-state index is 0.210. The maximum atomic E-state index is 4.42. The van der Waals surface area contributed by atoms with E-state index < -0.39 is 0 Å². The van der Waals surface area contributed by atoms with Gasteiger partial charge in [0.05, 0.1) is 12.1 Å². The fourth-order valence-electron chi connectivity index (χ4n) is 4.09. The monoisotopic (exact) mass is 344 g/mol. The Labute approximate surface area is 156 Å². The largest absolute Gasteiger partial charge is 0.380 e. The summed E-state index contributed by atoms with van der Waals surface area (Å²) in [5, 5.41) is 3.69. The SMILES string of the molecule is C=CC(=C)C(CC(C)CC)NC(=C)C1[C@@H](C)[C@@H](C(C)CC)CN1C=C. The Balaban J connectivity index is 2.92. The third kappa shape index (κ3) is 5.26. The van der Waals surface area contributed by atoms with Crippen LogP contribution >= 0.6 is 0 Å². The van der Waals surface area contributed by atoms with Crippen molar-refractivity contribution in [1.82, 2.24) is 10.2 Å². The molecule has 2 heteroatoms. The molecule has 0 saturated carbocycles. The van der Waals surface area contributed by atoms with E-state index >= 15 is 0 Å². The summed E-state index contributed by atoms with van der Waals surface area (Å²) >= 11 is 0. The van der Waals surface area contributed by atoms with E-state index in [0.717, 1.165) is 24.2 Å². The first kappa shape index (κ1) is 21.6. The van der Waals surface area contributed by atoms with Crippen LogP contribution in [0.5, 0.6) is 0 Å². The Kier molecular flexibility index (Phi) is 8.55. The van der Waals surface area contributed by atoms with Gasteiger partial charge in [0.25, 0.3) is 0 Å². The van der Waals surface area contributed by atoms with Crippen LogP contribution in [0.25, 0.3) is 0 Å². The van der Waals surface area contributed by atoms with E-state index in [9.17, 15) is 0 Å². The standard InChI is InChI=1S/C23H40N2/c1-10-16(5)14-22(18(7)12-3)24-20(9)23-19(8)21(17(6)11-2)15-25(23)13-4/h12-13,16-17,19,21-24H,3-4,7,9-11,14-15H2,1-2,5-6,8H3/t16?,17?,19-,21+,22?,23?/m0/s1. The highest BCUT2D eigenvalue weighted by Gasteiger charge is 2.41. The smallest absolute Gasteiger partial charge is 0.0705 e. The van der Waals surface area contributed by atoms with Crippen LogP contribution in [-0.4, -0.2) is 23.5 Å². The van der Waals surface area contributed by atoms with Gasteiger partial charge in [-0.25, -0.2) is 0 Å². The van der Waals surface area contributed by atoms with Crippen molar-refractivity contribution in [2.75, 3.05) is 6.54 Å². The van der Waals surface area contributed by atoms with Crippen molar-refractivity contribution in [2.45, 2.75) is 66.0 Å². The summed E-state index contributed by atoms with van der Waals surface area (Å²) in [5.74, 6) is 2.61. The van der Waals surface area contributed by atoms with Crippen molar-refractivity contribution in [3.8, 4) is 0 Å². The van der Waals surface area contributed by atoms with Gasteiger partial charge in [0.15, 0.2) is 0 Å². The Hall–Kier alpha value is -1.44. The lowest BCUT2D eigenvalue weighted by Crippen LogP contribution is -2.40. The van der Waals surface area contributed by atoms with Crippen LogP contribution in [0.15, 0.2) is 49.9 Å². The molecule has 0 bridgehead atoms. The van der Waals surface area contributed by atoms with E-state index in [0.29, 0.717) is 29.7 Å². The molecule has 1 fully saturated rings. The number of rotatable bonds is 11. The zero-order chi connectivity index (χ0) is 19.1. The number of nitrogens with zero attached hydrogens (tertiary/aromatic N) is 1. The van der Waals surface area contributed by atoms with Gasteiger partial charge < -0.3 is 10.2 Å². The van der Waals surface area contributed by atoms with Gasteiger partial charge >= 0.3 is 0 Å². The molecule has 1 saturated heterocycles. The van der Waals surface area contributed by atoms with Gasteiger partial charge in [-0.2, -0.15) is 0 Å². The van der Waals surface area contributed by atoms with Crippen LogP contribution in [0.4, 0.5) is 0 Å². The average Bonchev–Trinajstić information content (AvgIpc) is 2.95. The lowest BCUT2D eigenvalue weighted by Gasteiger charge is -2.32. The average molecular weight is 345 g/mol. The second kappa shape index (κ2) is 9.89. The predicted molar refractivity (Wildman–Crippen MR) is 112 cm³/mol. The highest BCUT2D eigenvalue weighted by atomic mass is 15.2. The van der Waals surface area contributed by atoms with E-state index in [2.05, 4.69) is 71.2 Å². The maximum absolute atomic E-state index is 4.42. The van der Waals surface area contributed by atoms with E-state index in [-0.39, 0.29) is 6.04 Å². The Morgan fingerprint density at radius 3 is 2.32 bits per heavy atom. The predicted octanol–water partition coefficient (Wildman–Crippen LogP) is 5.76. The summed E-state index contributed by atoms with van der Waals surface area (Å²) < 4.78 is 0. The highest BCUT2D eigenvalue weighted by Crippen LogP contribution is 2.38. The first-order chi connectivity index (χ1) is 11.8. The molecule has 2 nitrogen and oxygen atoms in total. The minimum atomic E-state index is 0.210. The van der Waals surface area contributed by atoms with Crippen molar-refractivity contribution in [1.29, 1.82) is 0 Å². The molecule has 0 aromatic carbocycles. The molecule has 0 aromatic heterocycles. The van der Waals surface area contributed by atoms with E-state index in [1.54, 1.807) is 0 Å². The molecule has 1 heterocycles. The molecule has 0 aromatic rings. The lowest BCUT2D eigenvalue weighted by molar-refractivity contribution is 0.291. The van der Waals surface area contributed by atoms with Crippen molar-refractivity contribution in [3.05, 3.63) is 49.9 Å². The van der Waals surface area contributed by atoms with Gasteiger partial charge in [-0.1, -0.05) is 79.9 Å². The number of nitrogens with one attached hydrogen (secondary N) is 1. The first-order valence-corrected chi connectivity index (χ1v) is 9.95. The number of hydrogen-bond acceptors (Lipinski definition) is 2. The van der Waals surface area contributed by atoms with Gasteiger partial charge in [0.2, 0.25) is 0 Å². The van der Waals surface area contributed by atoms with Crippen LogP contribution < -0.4 is 5.32 Å². The molecule has 25 heavy (non-hydrogen) atoms. The van der Waals surface area contributed by atoms with Crippen LogP contribution in [0.2, 0.25) is 0 Å². The van der Waals surface area contributed by atoms with Gasteiger partial charge in [0.1, 0.15) is 0 Å². The molecular formula is C23H40N2. The summed E-state index contributed by atoms with van der Waals surface area (Å²) in [7, 11) is 0. The summed E-state index contributed by atoms with van der Waals surface area (Å²) in [6.45, 7) is 29.2. The summed E-state index contributed by atoms with van der Waals surface area (Å²) in [6.07, 6.45) is 7.31. The second-order valence-electron chi connectivity index (χ2n) is 7.98. The molecule has 0 aliphatic carbocycles. The second-order valence-corrected chi connectivity index (χ2v) is 7.98. The summed E-state index contributed by atoms with van der Waals surface area (Å²) in [4.78, 5) is 2.37. The van der Waals surface area contributed by atoms with E-state index in [1.807, 2.05) is 12.3 Å². The van der Waals surface area contributed by atoms with Gasteiger partial charge in [-0.15, -0.1) is 0 Å². The van der Waals surface area contributed by atoms with Crippen LogP contribution in [0.1, 0.15) is 53.9 Å². The van der Waals surface area contributed by atoms with E-state index in [1.165, 1.54) is 12.8 Å². The third-order valence-corrected chi connectivity index (χ3v) is 6.32. The molecule has 1 aliphatic heterocycles. The molecule has 0 spiro atoms. The van der Waals surface area contributed by atoms with Crippen LogP contribution in [-0.2, 0) is 0 Å². The number of hydrogen-bond donors (Lipinski definition) is 1. The zero-order valence-electron chi connectivity index (χ0n) is 17.2. The quantitative estimate of drug-likeness (QED) is 0.479. The third-order valence-electron chi connectivity index (χ3n) is 6.32. The summed E-state index contributed by atoms with van der Waals surface area (Å²) in [5.41, 5.74) is 2.14. The fraction of sp³-hybridized carbons (Fsp3) is 0.652. The lowest BCUT2D eigenvalue weighted by atomic mass is 9.81. The minimum Gasteiger partial charge on any atom is -0.380 e. The zero-order valence-corrected chi connectivity index (χ0v) is 17.2. The Bertz CT molecular complexity index is 478. The van der Waals surface area contributed by atoms with Crippen molar-refractivity contribution >= 4 is 0 Å². The molecule has 1 aliphatic rings. The van der Waals surface area contributed by atoms with Gasteiger partial charge in [-0.05, 0) is 41.9 Å². The Morgan fingerprint density at radius 2 is 1.84 bits per heavy atom. The molecular weight excluding hydrogens is 304 g/mol. The van der Waals surface area contributed by atoms with Gasteiger partial charge in [-0.3, -0.25) is 0 Å². The molecule has 142 valence electrons. The van der Waals surface area contributed by atoms with Crippen molar-refractivity contribution in [3.63, 3.8) is 0 Å². The highest BCUT2D eigenvalue weighted by molar-refractivity contribution is 5.23. The molecule has 1 N–H and O–H groups in total. The fourth-order valence-corrected chi connectivity index (χ4v) is 4.09.